The molecule has 0 spiro atoms. The molecule has 0 saturated carbocycles. The van der Waals surface area contributed by atoms with E-state index in [0.29, 0.717) is 5.92 Å². The molecule has 1 saturated heterocycles. The number of aromatic nitrogens is 1. The van der Waals surface area contributed by atoms with E-state index in [9.17, 15) is 0 Å². The number of benzene rings is 1. The first-order valence-corrected chi connectivity index (χ1v) is 8.37. The molecule has 2 nitrogen and oxygen atoms in total. The molecule has 0 amide bonds. The summed E-state index contributed by atoms with van der Waals surface area (Å²) in [7, 11) is 0. The fraction of sp³-hybridized carbons (Fsp3) is 0.471. The molecule has 2 heterocycles. The maximum atomic E-state index is 4.94. The first-order valence-electron chi connectivity index (χ1n) is 7.55. The molecule has 1 atom stereocenters. The molecule has 0 bridgehead atoms. The quantitative estimate of drug-likeness (QED) is 0.917. The third-order valence-corrected chi connectivity index (χ3v) is 5.23. The van der Waals surface area contributed by atoms with Gasteiger partial charge in [-0.25, -0.2) is 4.98 Å². The first-order chi connectivity index (χ1) is 9.78. The number of nitrogens with zero attached hydrogens (tertiary/aromatic N) is 1. The number of hydrogen-bond acceptors (Lipinski definition) is 3. The van der Waals surface area contributed by atoms with Crippen molar-refractivity contribution >= 4 is 11.3 Å². The molecule has 2 aromatic rings. The van der Waals surface area contributed by atoms with Gasteiger partial charge in [-0.2, -0.15) is 0 Å². The van der Waals surface area contributed by atoms with Gasteiger partial charge in [-0.1, -0.05) is 31.2 Å². The van der Waals surface area contributed by atoms with Gasteiger partial charge in [-0.15, -0.1) is 11.3 Å². The molecule has 20 heavy (non-hydrogen) atoms. The second-order valence-corrected chi connectivity index (χ2v) is 6.79. The Morgan fingerprint density at radius 3 is 2.75 bits per heavy atom. The number of thiazole rings is 1. The molecule has 1 aliphatic rings. The SMILES string of the molecule is CCc1ccc(-c2nc(C3CCCNC3)sc2C)cc1. The summed E-state index contributed by atoms with van der Waals surface area (Å²) in [5.41, 5.74) is 3.82. The molecule has 0 aliphatic carbocycles. The van der Waals surface area contributed by atoms with Gasteiger partial charge in [0.2, 0.25) is 0 Å². The van der Waals surface area contributed by atoms with E-state index in [1.807, 2.05) is 11.3 Å². The van der Waals surface area contributed by atoms with E-state index in [1.54, 1.807) is 0 Å². The van der Waals surface area contributed by atoms with E-state index in [1.165, 1.54) is 39.5 Å². The lowest BCUT2D eigenvalue weighted by Crippen LogP contribution is -2.28. The number of rotatable bonds is 3. The van der Waals surface area contributed by atoms with Crippen molar-refractivity contribution in [1.29, 1.82) is 0 Å². The van der Waals surface area contributed by atoms with Crippen LogP contribution < -0.4 is 5.32 Å². The van der Waals surface area contributed by atoms with Crippen molar-refractivity contribution in [3.63, 3.8) is 0 Å². The predicted molar refractivity (Wildman–Crippen MR) is 86.5 cm³/mol. The molecule has 1 fully saturated rings. The Bertz CT molecular complexity index is 565. The zero-order valence-corrected chi connectivity index (χ0v) is 13.1. The topological polar surface area (TPSA) is 24.9 Å². The molecule has 3 heteroatoms. The minimum absolute atomic E-state index is 0.608. The van der Waals surface area contributed by atoms with Crippen molar-refractivity contribution in [2.75, 3.05) is 13.1 Å². The van der Waals surface area contributed by atoms with Crippen LogP contribution in [0, 0.1) is 6.92 Å². The number of piperidine rings is 1. The van der Waals surface area contributed by atoms with Crippen LogP contribution in [-0.2, 0) is 6.42 Å². The fourth-order valence-corrected chi connectivity index (χ4v) is 3.90. The van der Waals surface area contributed by atoms with Crippen molar-refractivity contribution in [3.8, 4) is 11.3 Å². The zero-order valence-electron chi connectivity index (χ0n) is 12.3. The second kappa shape index (κ2) is 6.06. The summed E-state index contributed by atoms with van der Waals surface area (Å²) in [6.45, 7) is 6.63. The van der Waals surface area contributed by atoms with E-state index in [-0.39, 0.29) is 0 Å². The average molecular weight is 286 g/mol. The summed E-state index contributed by atoms with van der Waals surface area (Å²) in [5, 5.41) is 4.79. The molecule has 1 aromatic carbocycles. The van der Waals surface area contributed by atoms with Crippen molar-refractivity contribution in [2.24, 2.45) is 0 Å². The van der Waals surface area contributed by atoms with Crippen molar-refractivity contribution < 1.29 is 0 Å². The molecule has 3 rings (SSSR count). The van der Waals surface area contributed by atoms with Crippen LogP contribution in [0.4, 0.5) is 0 Å². The largest absolute Gasteiger partial charge is 0.316 e. The highest BCUT2D eigenvalue weighted by atomic mass is 32.1. The lowest BCUT2D eigenvalue weighted by Gasteiger charge is -2.20. The maximum Gasteiger partial charge on any atom is 0.0978 e. The lowest BCUT2D eigenvalue weighted by molar-refractivity contribution is 0.460. The van der Waals surface area contributed by atoms with E-state index < -0.39 is 0 Å². The van der Waals surface area contributed by atoms with Crippen LogP contribution in [0.2, 0.25) is 0 Å². The molecule has 1 N–H and O–H groups in total. The first kappa shape index (κ1) is 13.8. The van der Waals surface area contributed by atoms with Gasteiger partial charge >= 0.3 is 0 Å². The lowest BCUT2D eigenvalue weighted by atomic mass is 10.0. The van der Waals surface area contributed by atoms with E-state index in [4.69, 9.17) is 4.98 Å². The number of aryl methyl sites for hydroxylation is 2. The van der Waals surface area contributed by atoms with Crippen LogP contribution in [0.3, 0.4) is 0 Å². The summed E-state index contributed by atoms with van der Waals surface area (Å²) in [6, 6.07) is 8.86. The van der Waals surface area contributed by atoms with Crippen LogP contribution in [0.1, 0.15) is 41.1 Å². The Hall–Kier alpha value is -1.19. The van der Waals surface area contributed by atoms with Gasteiger partial charge < -0.3 is 5.32 Å². The Kier molecular flexibility index (Phi) is 4.18. The summed E-state index contributed by atoms with van der Waals surface area (Å²) < 4.78 is 0. The Labute approximate surface area is 125 Å². The van der Waals surface area contributed by atoms with Gasteiger partial charge in [0.1, 0.15) is 0 Å². The normalized spacial score (nSPS) is 19.2. The summed E-state index contributed by atoms with van der Waals surface area (Å²) in [4.78, 5) is 6.28. The van der Waals surface area contributed by atoms with Gasteiger partial charge in [0.15, 0.2) is 0 Å². The zero-order chi connectivity index (χ0) is 13.9. The van der Waals surface area contributed by atoms with E-state index in [0.717, 1.165) is 19.5 Å². The smallest absolute Gasteiger partial charge is 0.0978 e. The second-order valence-electron chi connectivity index (χ2n) is 5.55. The van der Waals surface area contributed by atoms with Gasteiger partial charge in [0.05, 0.1) is 10.7 Å². The van der Waals surface area contributed by atoms with Crippen LogP contribution in [0.25, 0.3) is 11.3 Å². The van der Waals surface area contributed by atoms with Gasteiger partial charge in [-0.05, 0) is 38.3 Å². The molecule has 1 aromatic heterocycles. The standard InChI is InChI=1S/C17H22N2S/c1-3-13-6-8-14(9-7-13)16-12(2)20-17(19-16)15-5-4-10-18-11-15/h6-9,15,18H,3-5,10-11H2,1-2H3. The van der Waals surface area contributed by atoms with Crippen LogP contribution in [-0.4, -0.2) is 18.1 Å². The van der Waals surface area contributed by atoms with Crippen molar-refractivity contribution in [3.05, 3.63) is 39.7 Å². The molecule has 106 valence electrons. The van der Waals surface area contributed by atoms with E-state index in [2.05, 4.69) is 43.4 Å². The molecule has 1 aliphatic heterocycles. The summed E-state index contributed by atoms with van der Waals surface area (Å²) >= 11 is 1.87. The summed E-state index contributed by atoms with van der Waals surface area (Å²) in [5.74, 6) is 0.608. The van der Waals surface area contributed by atoms with Crippen molar-refractivity contribution in [1.82, 2.24) is 10.3 Å². The maximum absolute atomic E-state index is 4.94. The monoisotopic (exact) mass is 286 g/mol. The molecule has 1 unspecified atom stereocenters. The van der Waals surface area contributed by atoms with Crippen LogP contribution >= 0.6 is 11.3 Å². The van der Waals surface area contributed by atoms with Crippen LogP contribution in [0.5, 0.6) is 0 Å². The highest BCUT2D eigenvalue weighted by Gasteiger charge is 2.20. The molecular weight excluding hydrogens is 264 g/mol. The highest BCUT2D eigenvalue weighted by Crippen LogP contribution is 2.33. The van der Waals surface area contributed by atoms with E-state index >= 15 is 0 Å². The number of hydrogen-bond donors (Lipinski definition) is 1. The van der Waals surface area contributed by atoms with Gasteiger partial charge in [-0.3, -0.25) is 0 Å². The fourth-order valence-electron chi connectivity index (χ4n) is 2.82. The van der Waals surface area contributed by atoms with Gasteiger partial charge in [0, 0.05) is 22.9 Å². The summed E-state index contributed by atoms with van der Waals surface area (Å²) in [6.07, 6.45) is 3.63. The third-order valence-electron chi connectivity index (χ3n) is 4.09. The highest BCUT2D eigenvalue weighted by molar-refractivity contribution is 7.12. The average Bonchev–Trinajstić information content (AvgIpc) is 2.90. The predicted octanol–water partition coefficient (Wildman–Crippen LogP) is 4.15. The Morgan fingerprint density at radius 2 is 2.10 bits per heavy atom. The minimum Gasteiger partial charge on any atom is -0.316 e. The molecular formula is C17H22N2S. The van der Waals surface area contributed by atoms with Crippen LogP contribution in [0.15, 0.2) is 24.3 Å². The minimum atomic E-state index is 0.608. The molecule has 0 radical (unpaired) electrons. The number of nitrogens with one attached hydrogen (secondary N) is 1. The Balaban J connectivity index is 1.87. The third kappa shape index (κ3) is 2.79. The van der Waals surface area contributed by atoms with Gasteiger partial charge in [0.25, 0.3) is 0 Å². The Morgan fingerprint density at radius 1 is 1.30 bits per heavy atom. The van der Waals surface area contributed by atoms with Crippen molar-refractivity contribution in [2.45, 2.75) is 39.0 Å².